The van der Waals surface area contributed by atoms with Crippen molar-refractivity contribution < 1.29 is 0 Å². The summed E-state index contributed by atoms with van der Waals surface area (Å²) < 4.78 is 0. The number of rotatable bonds is 7. The van der Waals surface area contributed by atoms with E-state index in [1.54, 1.807) is 5.56 Å². The molecule has 2 heteroatoms. The molecular weight excluding hydrogens is 274 g/mol. The molecule has 1 aliphatic carbocycles. The molecule has 0 heterocycles. The Morgan fingerprint density at radius 1 is 1.14 bits per heavy atom. The molecule has 1 aliphatic rings. The summed E-state index contributed by atoms with van der Waals surface area (Å²) in [6.45, 7) is 7.79. The van der Waals surface area contributed by atoms with Crippen molar-refractivity contribution in [2.24, 2.45) is 0 Å². The van der Waals surface area contributed by atoms with Gasteiger partial charge in [-0.25, -0.2) is 0 Å². The van der Waals surface area contributed by atoms with Crippen molar-refractivity contribution in [1.29, 1.82) is 0 Å². The highest BCUT2D eigenvalue weighted by molar-refractivity contribution is 7.99. The van der Waals surface area contributed by atoms with Crippen LogP contribution in [0, 0.1) is 13.8 Å². The van der Waals surface area contributed by atoms with E-state index in [9.17, 15) is 0 Å². The Morgan fingerprint density at radius 2 is 1.81 bits per heavy atom. The van der Waals surface area contributed by atoms with Gasteiger partial charge in [0.15, 0.2) is 0 Å². The van der Waals surface area contributed by atoms with Gasteiger partial charge in [0.2, 0.25) is 0 Å². The van der Waals surface area contributed by atoms with Crippen LogP contribution in [0.25, 0.3) is 0 Å². The first kappa shape index (κ1) is 16.9. The van der Waals surface area contributed by atoms with Gasteiger partial charge in [0.1, 0.15) is 0 Å². The summed E-state index contributed by atoms with van der Waals surface area (Å²) in [4.78, 5) is 0. The maximum atomic E-state index is 3.70. The maximum absolute atomic E-state index is 3.70. The third-order valence-corrected chi connectivity index (χ3v) is 6.21. The Labute approximate surface area is 135 Å². The van der Waals surface area contributed by atoms with E-state index in [2.05, 4.69) is 56.0 Å². The van der Waals surface area contributed by atoms with Gasteiger partial charge in [-0.2, -0.15) is 11.8 Å². The predicted octanol–water partition coefficient (Wildman–Crippen LogP) is 4.89. The van der Waals surface area contributed by atoms with Crippen LogP contribution >= 0.6 is 11.8 Å². The molecule has 0 aliphatic heterocycles. The molecule has 2 rings (SSSR count). The summed E-state index contributed by atoms with van der Waals surface area (Å²) in [6, 6.07) is 7.29. The molecule has 0 radical (unpaired) electrons. The Bertz CT molecular complexity index is 403. The summed E-state index contributed by atoms with van der Waals surface area (Å²) in [5.74, 6) is 1.26. The molecule has 1 aromatic carbocycles. The quantitative estimate of drug-likeness (QED) is 0.769. The molecule has 1 unspecified atom stereocenters. The van der Waals surface area contributed by atoms with Crippen LogP contribution in [0.2, 0.25) is 0 Å². The highest BCUT2D eigenvalue weighted by Gasteiger charge is 2.17. The smallest absolute Gasteiger partial charge is 0.0198 e. The van der Waals surface area contributed by atoms with Crippen LogP contribution in [0.1, 0.15) is 55.7 Å². The Hall–Kier alpha value is -0.470. The minimum atomic E-state index is 0.613. The van der Waals surface area contributed by atoms with Crippen LogP contribution in [0.15, 0.2) is 18.2 Å². The van der Waals surface area contributed by atoms with Crippen molar-refractivity contribution in [3.63, 3.8) is 0 Å². The summed E-state index contributed by atoms with van der Waals surface area (Å²) in [7, 11) is 0. The lowest BCUT2D eigenvalue weighted by Crippen LogP contribution is -2.34. The molecule has 118 valence electrons. The van der Waals surface area contributed by atoms with Gasteiger partial charge < -0.3 is 5.32 Å². The van der Waals surface area contributed by atoms with Gasteiger partial charge in [0.25, 0.3) is 0 Å². The van der Waals surface area contributed by atoms with Crippen molar-refractivity contribution >= 4 is 11.8 Å². The first-order chi connectivity index (χ1) is 10.2. The second-order valence-electron chi connectivity index (χ2n) is 6.42. The third-order valence-electron chi connectivity index (χ3n) is 4.67. The highest BCUT2D eigenvalue weighted by atomic mass is 32.2. The van der Waals surface area contributed by atoms with Gasteiger partial charge in [-0.05, 0) is 56.3 Å². The number of likely N-dealkylation sites (N-methyl/N-ethyl adjacent to an activating group) is 1. The zero-order valence-corrected chi connectivity index (χ0v) is 14.8. The van der Waals surface area contributed by atoms with E-state index in [0.717, 1.165) is 11.8 Å². The van der Waals surface area contributed by atoms with Gasteiger partial charge >= 0.3 is 0 Å². The van der Waals surface area contributed by atoms with Crippen LogP contribution in [0.5, 0.6) is 0 Å². The van der Waals surface area contributed by atoms with Crippen molar-refractivity contribution in [1.82, 2.24) is 5.32 Å². The number of nitrogens with one attached hydrogen (secondary N) is 1. The fourth-order valence-corrected chi connectivity index (χ4v) is 4.79. The molecule has 1 N–H and O–H groups in total. The lowest BCUT2D eigenvalue weighted by molar-refractivity contribution is 0.513. The van der Waals surface area contributed by atoms with E-state index in [-0.39, 0.29) is 0 Å². The van der Waals surface area contributed by atoms with Crippen LogP contribution in [-0.2, 0) is 6.42 Å². The van der Waals surface area contributed by atoms with Crippen LogP contribution in [0.4, 0.5) is 0 Å². The molecule has 0 saturated heterocycles. The molecule has 1 nitrogen and oxygen atoms in total. The molecule has 0 bridgehead atoms. The maximum Gasteiger partial charge on any atom is 0.0198 e. The molecule has 0 aromatic heterocycles. The Balaban J connectivity index is 1.91. The van der Waals surface area contributed by atoms with E-state index in [1.807, 2.05) is 0 Å². The number of benzene rings is 1. The van der Waals surface area contributed by atoms with Gasteiger partial charge in [-0.3, -0.25) is 0 Å². The lowest BCUT2D eigenvalue weighted by Gasteiger charge is -2.25. The van der Waals surface area contributed by atoms with Gasteiger partial charge in [0, 0.05) is 17.0 Å². The number of hydrogen-bond acceptors (Lipinski definition) is 2. The second kappa shape index (κ2) is 8.85. The fourth-order valence-electron chi connectivity index (χ4n) is 3.38. The molecule has 1 saturated carbocycles. The predicted molar refractivity (Wildman–Crippen MR) is 96.4 cm³/mol. The molecule has 1 fully saturated rings. The lowest BCUT2D eigenvalue weighted by atomic mass is 9.97. The SMILES string of the molecule is CCNC(CSC1CCCCC1)Cc1c(C)cccc1C. The summed E-state index contributed by atoms with van der Waals surface area (Å²) in [5.41, 5.74) is 4.44. The van der Waals surface area contributed by atoms with Crippen LogP contribution < -0.4 is 5.32 Å². The zero-order valence-electron chi connectivity index (χ0n) is 14.0. The minimum absolute atomic E-state index is 0.613. The van der Waals surface area contributed by atoms with Crippen molar-refractivity contribution in [2.45, 2.75) is 70.6 Å². The molecule has 21 heavy (non-hydrogen) atoms. The standard InChI is InChI=1S/C19H31NS/c1-4-20-17(14-21-18-11-6-5-7-12-18)13-19-15(2)9-8-10-16(19)3/h8-10,17-18,20H,4-7,11-14H2,1-3H3. The Morgan fingerprint density at radius 3 is 2.43 bits per heavy atom. The molecular formula is C19H31NS. The highest BCUT2D eigenvalue weighted by Crippen LogP contribution is 2.29. The van der Waals surface area contributed by atoms with Crippen molar-refractivity contribution in [3.8, 4) is 0 Å². The normalized spacial score (nSPS) is 17.9. The van der Waals surface area contributed by atoms with E-state index in [0.29, 0.717) is 6.04 Å². The van der Waals surface area contributed by atoms with Gasteiger partial charge in [-0.15, -0.1) is 0 Å². The molecule has 1 aromatic rings. The van der Waals surface area contributed by atoms with Gasteiger partial charge in [-0.1, -0.05) is 44.4 Å². The number of aryl methyl sites for hydroxylation is 2. The fraction of sp³-hybridized carbons (Fsp3) is 0.684. The summed E-state index contributed by atoms with van der Waals surface area (Å²) >= 11 is 2.21. The average Bonchev–Trinajstić information content (AvgIpc) is 2.49. The minimum Gasteiger partial charge on any atom is -0.313 e. The second-order valence-corrected chi connectivity index (χ2v) is 7.76. The Kier molecular flexibility index (Phi) is 7.12. The van der Waals surface area contributed by atoms with E-state index >= 15 is 0 Å². The van der Waals surface area contributed by atoms with E-state index < -0.39 is 0 Å². The third kappa shape index (κ3) is 5.34. The first-order valence-electron chi connectivity index (χ1n) is 8.60. The van der Waals surface area contributed by atoms with E-state index in [4.69, 9.17) is 0 Å². The largest absolute Gasteiger partial charge is 0.313 e. The van der Waals surface area contributed by atoms with Crippen LogP contribution in [0.3, 0.4) is 0 Å². The zero-order chi connectivity index (χ0) is 15.1. The van der Waals surface area contributed by atoms with Gasteiger partial charge in [0.05, 0.1) is 0 Å². The summed E-state index contributed by atoms with van der Waals surface area (Å²) in [5, 5.41) is 4.62. The molecule has 0 spiro atoms. The first-order valence-corrected chi connectivity index (χ1v) is 9.65. The monoisotopic (exact) mass is 305 g/mol. The summed E-state index contributed by atoms with van der Waals surface area (Å²) in [6.07, 6.45) is 8.39. The van der Waals surface area contributed by atoms with E-state index in [1.165, 1.54) is 55.4 Å². The topological polar surface area (TPSA) is 12.0 Å². The van der Waals surface area contributed by atoms with Crippen LogP contribution in [-0.4, -0.2) is 23.6 Å². The number of hydrogen-bond donors (Lipinski definition) is 1. The van der Waals surface area contributed by atoms with Crippen molar-refractivity contribution in [2.75, 3.05) is 12.3 Å². The van der Waals surface area contributed by atoms with Crippen molar-refractivity contribution in [3.05, 3.63) is 34.9 Å². The molecule has 0 amide bonds. The molecule has 1 atom stereocenters. The number of thioether (sulfide) groups is 1. The average molecular weight is 306 g/mol.